The Morgan fingerprint density at radius 1 is 1.55 bits per heavy atom. The molecule has 62 valence electrons. The van der Waals surface area contributed by atoms with E-state index in [-0.39, 0.29) is 0 Å². The third-order valence-corrected chi connectivity index (χ3v) is 1.01. The molecule has 0 fully saturated rings. The molecule has 4 heteroatoms. The van der Waals surface area contributed by atoms with Crippen molar-refractivity contribution in [2.45, 2.75) is 20.3 Å². The van der Waals surface area contributed by atoms with Crippen molar-refractivity contribution in [3.8, 4) is 0 Å². The second kappa shape index (κ2) is 5.58. The number of rotatable bonds is 3. The second-order valence-corrected chi connectivity index (χ2v) is 2.10. The van der Waals surface area contributed by atoms with Crippen LogP contribution in [0.15, 0.2) is 10.1 Å². The Morgan fingerprint density at radius 2 is 2.18 bits per heavy atom. The van der Waals surface area contributed by atoms with Gasteiger partial charge in [-0.2, -0.15) is 5.10 Å². The number of hydrogen-bond donors (Lipinski definition) is 1. The largest absolute Gasteiger partial charge is 0.311 e. The molecule has 0 unspecified atom stereocenters. The third-order valence-electron chi connectivity index (χ3n) is 1.01. The summed E-state index contributed by atoms with van der Waals surface area (Å²) in [6, 6.07) is 0. The average molecular weight is 155 g/mol. The van der Waals surface area contributed by atoms with Gasteiger partial charge in [-0.05, 0) is 13.8 Å². The minimum absolute atomic E-state index is 0.372. The van der Waals surface area contributed by atoms with Crippen LogP contribution in [0.3, 0.4) is 0 Å². The van der Waals surface area contributed by atoms with Crippen LogP contribution in [0.25, 0.3) is 0 Å². The summed E-state index contributed by atoms with van der Waals surface area (Å²) in [5.74, 6) is 0.631. The molecule has 0 radical (unpaired) electrons. The smallest absolute Gasteiger partial charge is 0.144 e. The number of nitrogens with one attached hydrogen (secondary N) is 1. The molecule has 0 aromatic heterocycles. The Morgan fingerprint density at radius 3 is 2.64 bits per heavy atom. The summed E-state index contributed by atoms with van der Waals surface area (Å²) in [5.41, 5.74) is 3.38. The molecule has 0 atom stereocenters. The van der Waals surface area contributed by atoms with Gasteiger partial charge in [0.25, 0.3) is 0 Å². The van der Waals surface area contributed by atoms with Crippen LogP contribution < -0.4 is 5.43 Å². The first-order valence-corrected chi connectivity index (χ1v) is 3.39. The minimum atomic E-state index is 0.372. The molecule has 0 aliphatic heterocycles. The standard InChI is InChI=1S/C7H13N3O/c1-6(4-5-11)9-7(2)10-8-3/h5,8H,4H2,1-3H3/b9-6+,10-7-. The molecule has 0 aromatic rings. The van der Waals surface area contributed by atoms with Gasteiger partial charge in [0.2, 0.25) is 0 Å². The fraction of sp³-hybridized carbons (Fsp3) is 0.571. The van der Waals surface area contributed by atoms with Crippen molar-refractivity contribution in [1.82, 2.24) is 5.43 Å². The van der Waals surface area contributed by atoms with Gasteiger partial charge in [0.05, 0.1) is 0 Å². The number of aliphatic imine (C=N–C) groups is 1. The lowest BCUT2D eigenvalue weighted by molar-refractivity contribution is -0.106. The Bertz CT molecular complexity index is 184. The van der Waals surface area contributed by atoms with Crippen molar-refractivity contribution < 1.29 is 4.79 Å². The molecule has 0 saturated carbocycles. The van der Waals surface area contributed by atoms with E-state index in [4.69, 9.17) is 0 Å². The van der Waals surface area contributed by atoms with Crippen molar-refractivity contribution in [2.24, 2.45) is 10.1 Å². The van der Waals surface area contributed by atoms with E-state index in [1.54, 1.807) is 20.9 Å². The quantitative estimate of drug-likeness (QED) is 0.280. The number of amidine groups is 1. The highest BCUT2D eigenvalue weighted by Crippen LogP contribution is 1.85. The van der Waals surface area contributed by atoms with Crippen LogP contribution in [0.4, 0.5) is 0 Å². The van der Waals surface area contributed by atoms with Crippen LogP contribution >= 0.6 is 0 Å². The molecule has 0 rings (SSSR count). The summed E-state index contributed by atoms with van der Waals surface area (Å²) >= 11 is 0. The monoisotopic (exact) mass is 155 g/mol. The van der Waals surface area contributed by atoms with Crippen molar-refractivity contribution in [3.05, 3.63) is 0 Å². The Balaban J connectivity index is 4.06. The fourth-order valence-corrected chi connectivity index (χ4v) is 0.629. The van der Waals surface area contributed by atoms with Crippen LogP contribution in [0.5, 0.6) is 0 Å². The number of nitrogens with zero attached hydrogens (tertiary/aromatic N) is 2. The van der Waals surface area contributed by atoms with E-state index in [9.17, 15) is 4.79 Å². The van der Waals surface area contributed by atoms with Gasteiger partial charge in [0.1, 0.15) is 12.1 Å². The average Bonchev–Trinajstić information content (AvgIpc) is 1.87. The Hall–Kier alpha value is -1.19. The van der Waals surface area contributed by atoms with Crippen molar-refractivity contribution in [1.29, 1.82) is 0 Å². The molecule has 0 amide bonds. The molecule has 0 saturated heterocycles. The molecule has 0 aliphatic rings. The summed E-state index contributed by atoms with van der Waals surface area (Å²) in [6.45, 7) is 3.56. The van der Waals surface area contributed by atoms with E-state index in [0.717, 1.165) is 12.0 Å². The summed E-state index contributed by atoms with van der Waals surface area (Å²) < 4.78 is 0. The summed E-state index contributed by atoms with van der Waals surface area (Å²) in [6.07, 6.45) is 1.20. The predicted molar refractivity (Wildman–Crippen MR) is 46.0 cm³/mol. The van der Waals surface area contributed by atoms with Crippen LogP contribution in [-0.2, 0) is 4.79 Å². The topological polar surface area (TPSA) is 53.8 Å². The highest BCUT2D eigenvalue weighted by atomic mass is 16.1. The van der Waals surface area contributed by atoms with Gasteiger partial charge in [-0.15, -0.1) is 0 Å². The zero-order chi connectivity index (χ0) is 8.69. The van der Waals surface area contributed by atoms with Gasteiger partial charge < -0.3 is 10.2 Å². The summed E-state index contributed by atoms with van der Waals surface area (Å²) in [7, 11) is 1.70. The van der Waals surface area contributed by atoms with Crippen LogP contribution in [0.1, 0.15) is 20.3 Å². The molecular weight excluding hydrogens is 142 g/mol. The predicted octanol–water partition coefficient (Wildman–Crippen LogP) is 0.589. The van der Waals surface area contributed by atoms with Gasteiger partial charge in [0, 0.05) is 19.2 Å². The van der Waals surface area contributed by atoms with Gasteiger partial charge >= 0.3 is 0 Å². The highest BCUT2D eigenvalue weighted by molar-refractivity contribution is 6.00. The first-order valence-electron chi connectivity index (χ1n) is 3.39. The molecule has 0 heterocycles. The molecule has 1 N–H and O–H groups in total. The van der Waals surface area contributed by atoms with Gasteiger partial charge in [0.15, 0.2) is 0 Å². The Kier molecular flexibility index (Phi) is 4.98. The van der Waals surface area contributed by atoms with E-state index < -0.39 is 0 Å². The first-order chi connectivity index (χ1) is 5.20. The zero-order valence-electron chi connectivity index (χ0n) is 7.09. The van der Waals surface area contributed by atoms with Gasteiger partial charge in [-0.1, -0.05) is 0 Å². The lowest BCUT2D eigenvalue weighted by Crippen LogP contribution is -2.02. The molecule has 0 bridgehead atoms. The van der Waals surface area contributed by atoms with E-state index in [1.807, 2.05) is 0 Å². The SMILES string of the molecule is CN/N=C(C)\N=C(/C)CC=O. The lowest BCUT2D eigenvalue weighted by atomic mass is 10.3. The molecule has 4 nitrogen and oxygen atoms in total. The van der Waals surface area contributed by atoms with E-state index in [0.29, 0.717) is 12.3 Å². The molecule has 0 aliphatic carbocycles. The van der Waals surface area contributed by atoms with Crippen LogP contribution in [0.2, 0.25) is 0 Å². The van der Waals surface area contributed by atoms with E-state index in [2.05, 4.69) is 15.5 Å². The number of carbonyl (C=O) groups excluding carboxylic acids is 1. The zero-order valence-corrected chi connectivity index (χ0v) is 7.09. The van der Waals surface area contributed by atoms with E-state index in [1.165, 1.54) is 0 Å². The second-order valence-electron chi connectivity index (χ2n) is 2.10. The van der Waals surface area contributed by atoms with Gasteiger partial charge in [-0.25, -0.2) is 4.99 Å². The number of hydrogen-bond acceptors (Lipinski definition) is 3. The summed E-state index contributed by atoms with van der Waals surface area (Å²) in [4.78, 5) is 14.0. The molecule has 11 heavy (non-hydrogen) atoms. The third kappa shape index (κ3) is 5.26. The van der Waals surface area contributed by atoms with Gasteiger partial charge in [-0.3, -0.25) is 0 Å². The van der Waals surface area contributed by atoms with Crippen molar-refractivity contribution in [3.63, 3.8) is 0 Å². The highest BCUT2D eigenvalue weighted by Gasteiger charge is 1.90. The number of aldehydes is 1. The maximum atomic E-state index is 10.0. The fourth-order valence-electron chi connectivity index (χ4n) is 0.629. The normalized spacial score (nSPS) is 13.0. The molecular formula is C7H13N3O. The van der Waals surface area contributed by atoms with Crippen molar-refractivity contribution in [2.75, 3.05) is 7.05 Å². The van der Waals surface area contributed by atoms with Crippen LogP contribution in [-0.4, -0.2) is 24.9 Å². The maximum absolute atomic E-state index is 10.0. The molecule has 0 spiro atoms. The Labute approximate surface area is 66.4 Å². The first kappa shape index (κ1) is 9.81. The van der Waals surface area contributed by atoms with Crippen LogP contribution in [0, 0.1) is 0 Å². The molecule has 0 aromatic carbocycles. The maximum Gasteiger partial charge on any atom is 0.144 e. The van der Waals surface area contributed by atoms with E-state index >= 15 is 0 Å². The van der Waals surface area contributed by atoms with Crippen molar-refractivity contribution >= 4 is 17.8 Å². The number of hydrazone groups is 1. The summed E-state index contributed by atoms with van der Waals surface area (Å²) in [5, 5.41) is 3.81. The lowest BCUT2D eigenvalue weighted by Gasteiger charge is -1.94. The minimum Gasteiger partial charge on any atom is -0.311 e. The number of carbonyl (C=O) groups is 1.